The molecule has 82 valence electrons. The monoisotopic (exact) mass is 204 g/mol. The van der Waals surface area contributed by atoms with Crippen molar-refractivity contribution in [1.82, 2.24) is 4.90 Å². The average Bonchev–Trinajstić information content (AvgIpc) is 2.58. The third kappa shape index (κ3) is 2.32. The molecule has 0 aliphatic carbocycles. The van der Waals surface area contributed by atoms with Crippen molar-refractivity contribution < 1.29 is 0 Å². The number of hydrogen-bond acceptors (Lipinski definition) is 2. The zero-order valence-corrected chi connectivity index (χ0v) is 9.66. The van der Waals surface area contributed by atoms with E-state index in [9.17, 15) is 0 Å². The van der Waals surface area contributed by atoms with Crippen molar-refractivity contribution >= 4 is 5.69 Å². The second-order valence-electron chi connectivity index (χ2n) is 4.68. The molecule has 15 heavy (non-hydrogen) atoms. The van der Waals surface area contributed by atoms with Gasteiger partial charge in [-0.2, -0.15) is 0 Å². The summed E-state index contributed by atoms with van der Waals surface area (Å²) in [6.45, 7) is 3.36. The fraction of sp³-hybridized carbons (Fsp3) is 0.538. The first-order valence-corrected chi connectivity index (χ1v) is 5.72. The maximum absolute atomic E-state index is 5.99. The lowest BCUT2D eigenvalue weighted by atomic mass is 10.0. The van der Waals surface area contributed by atoms with Gasteiger partial charge in [-0.3, -0.25) is 0 Å². The van der Waals surface area contributed by atoms with E-state index >= 15 is 0 Å². The Morgan fingerprint density at radius 3 is 2.93 bits per heavy atom. The van der Waals surface area contributed by atoms with Crippen LogP contribution in [0, 0.1) is 6.92 Å². The largest absolute Gasteiger partial charge is 0.399 e. The highest BCUT2D eigenvalue weighted by molar-refractivity contribution is 5.48. The van der Waals surface area contributed by atoms with Gasteiger partial charge in [-0.05, 0) is 51.4 Å². The molecule has 1 fully saturated rings. The minimum absolute atomic E-state index is 0.689. The van der Waals surface area contributed by atoms with Crippen LogP contribution in [-0.2, 0) is 6.42 Å². The summed E-state index contributed by atoms with van der Waals surface area (Å²) in [4.78, 5) is 2.45. The highest BCUT2D eigenvalue weighted by atomic mass is 15.1. The molecule has 2 rings (SSSR count). The van der Waals surface area contributed by atoms with Crippen LogP contribution in [0.15, 0.2) is 18.2 Å². The molecule has 0 bridgehead atoms. The summed E-state index contributed by atoms with van der Waals surface area (Å²) < 4.78 is 0. The Morgan fingerprint density at radius 2 is 2.27 bits per heavy atom. The van der Waals surface area contributed by atoms with Gasteiger partial charge < -0.3 is 10.6 Å². The van der Waals surface area contributed by atoms with Crippen molar-refractivity contribution in [2.45, 2.75) is 32.2 Å². The SMILES string of the molecule is Cc1ccc(N)c(CC2CCCN2C)c1. The van der Waals surface area contributed by atoms with Crippen LogP contribution in [0.2, 0.25) is 0 Å². The number of likely N-dealkylation sites (N-methyl/N-ethyl adjacent to an activating group) is 1. The Morgan fingerprint density at radius 1 is 1.47 bits per heavy atom. The Labute approximate surface area is 92.1 Å². The summed E-state index contributed by atoms with van der Waals surface area (Å²) in [5, 5.41) is 0. The van der Waals surface area contributed by atoms with Gasteiger partial charge in [0.05, 0.1) is 0 Å². The van der Waals surface area contributed by atoms with Gasteiger partial charge in [0.15, 0.2) is 0 Å². The molecule has 0 amide bonds. The van der Waals surface area contributed by atoms with Gasteiger partial charge in [0, 0.05) is 11.7 Å². The predicted molar refractivity (Wildman–Crippen MR) is 64.9 cm³/mol. The molecule has 1 aromatic rings. The van der Waals surface area contributed by atoms with Crippen molar-refractivity contribution in [2.75, 3.05) is 19.3 Å². The minimum atomic E-state index is 0.689. The Bertz CT molecular complexity index is 346. The molecule has 1 aliphatic heterocycles. The minimum Gasteiger partial charge on any atom is -0.399 e. The number of anilines is 1. The lowest BCUT2D eigenvalue weighted by Gasteiger charge is -2.20. The number of likely N-dealkylation sites (tertiary alicyclic amines) is 1. The van der Waals surface area contributed by atoms with Crippen LogP contribution in [0.3, 0.4) is 0 Å². The Balaban J connectivity index is 2.12. The highest BCUT2D eigenvalue weighted by Gasteiger charge is 2.21. The van der Waals surface area contributed by atoms with E-state index in [4.69, 9.17) is 5.73 Å². The maximum atomic E-state index is 5.99. The maximum Gasteiger partial charge on any atom is 0.0347 e. The molecule has 1 atom stereocenters. The summed E-state index contributed by atoms with van der Waals surface area (Å²) in [6, 6.07) is 7.02. The third-order valence-corrected chi connectivity index (χ3v) is 3.43. The first-order valence-electron chi connectivity index (χ1n) is 5.72. The van der Waals surface area contributed by atoms with Gasteiger partial charge in [-0.15, -0.1) is 0 Å². The van der Waals surface area contributed by atoms with Crippen LogP contribution in [0.4, 0.5) is 5.69 Å². The van der Waals surface area contributed by atoms with E-state index in [1.807, 2.05) is 6.07 Å². The smallest absolute Gasteiger partial charge is 0.0347 e. The van der Waals surface area contributed by atoms with Crippen molar-refractivity contribution in [1.29, 1.82) is 0 Å². The number of hydrogen-bond donors (Lipinski definition) is 1. The fourth-order valence-electron chi connectivity index (χ4n) is 2.40. The molecule has 0 radical (unpaired) electrons. The van der Waals surface area contributed by atoms with Gasteiger partial charge in [-0.25, -0.2) is 0 Å². The number of rotatable bonds is 2. The standard InChI is InChI=1S/C13H20N2/c1-10-5-6-13(14)11(8-10)9-12-4-3-7-15(12)2/h5-6,8,12H,3-4,7,9,14H2,1-2H3. The Hall–Kier alpha value is -1.02. The molecule has 2 N–H and O–H groups in total. The molecule has 1 unspecified atom stereocenters. The number of nitrogens with two attached hydrogens (primary N) is 1. The van der Waals surface area contributed by atoms with Gasteiger partial charge in [0.2, 0.25) is 0 Å². The van der Waals surface area contributed by atoms with Crippen LogP contribution in [0.1, 0.15) is 24.0 Å². The van der Waals surface area contributed by atoms with Crippen molar-refractivity contribution in [3.05, 3.63) is 29.3 Å². The van der Waals surface area contributed by atoms with Crippen molar-refractivity contribution in [2.24, 2.45) is 0 Å². The molecular weight excluding hydrogens is 184 g/mol. The number of nitrogens with zero attached hydrogens (tertiary/aromatic N) is 1. The van der Waals surface area contributed by atoms with E-state index < -0.39 is 0 Å². The normalized spacial score (nSPS) is 22.1. The lowest BCUT2D eigenvalue weighted by Crippen LogP contribution is -2.27. The number of nitrogen functional groups attached to an aromatic ring is 1. The third-order valence-electron chi connectivity index (χ3n) is 3.43. The molecule has 1 aliphatic rings. The van der Waals surface area contributed by atoms with Crippen LogP contribution < -0.4 is 5.73 Å². The van der Waals surface area contributed by atoms with Crippen LogP contribution in [0.25, 0.3) is 0 Å². The van der Waals surface area contributed by atoms with Crippen LogP contribution >= 0.6 is 0 Å². The van der Waals surface area contributed by atoms with E-state index in [1.165, 1.54) is 30.5 Å². The van der Waals surface area contributed by atoms with Gasteiger partial charge in [0.25, 0.3) is 0 Å². The summed E-state index contributed by atoms with van der Waals surface area (Å²) in [5.74, 6) is 0. The van der Waals surface area contributed by atoms with Gasteiger partial charge >= 0.3 is 0 Å². The zero-order chi connectivity index (χ0) is 10.8. The average molecular weight is 204 g/mol. The number of benzene rings is 1. The van der Waals surface area contributed by atoms with E-state index in [2.05, 4.69) is 31.0 Å². The summed E-state index contributed by atoms with van der Waals surface area (Å²) in [5.41, 5.74) is 9.56. The fourth-order valence-corrected chi connectivity index (χ4v) is 2.40. The molecule has 0 aromatic heterocycles. The zero-order valence-electron chi connectivity index (χ0n) is 9.66. The van der Waals surface area contributed by atoms with E-state index in [1.54, 1.807) is 0 Å². The second-order valence-corrected chi connectivity index (χ2v) is 4.68. The molecule has 1 aromatic carbocycles. The first kappa shape index (κ1) is 10.5. The van der Waals surface area contributed by atoms with Crippen LogP contribution in [-0.4, -0.2) is 24.5 Å². The first-order chi connectivity index (χ1) is 7.16. The molecule has 0 spiro atoms. The van der Waals surface area contributed by atoms with E-state index in [-0.39, 0.29) is 0 Å². The second kappa shape index (κ2) is 4.23. The molecule has 2 nitrogen and oxygen atoms in total. The summed E-state index contributed by atoms with van der Waals surface area (Å²) in [7, 11) is 2.21. The molecule has 2 heteroatoms. The van der Waals surface area contributed by atoms with E-state index in [0.717, 1.165) is 12.1 Å². The lowest BCUT2D eigenvalue weighted by molar-refractivity contribution is 0.309. The molecule has 1 saturated heterocycles. The topological polar surface area (TPSA) is 29.3 Å². The number of aryl methyl sites for hydroxylation is 1. The van der Waals surface area contributed by atoms with Crippen molar-refractivity contribution in [3.63, 3.8) is 0 Å². The van der Waals surface area contributed by atoms with Gasteiger partial charge in [-0.1, -0.05) is 17.7 Å². The Kier molecular flexibility index (Phi) is 2.96. The van der Waals surface area contributed by atoms with E-state index in [0.29, 0.717) is 6.04 Å². The summed E-state index contributed by atoms with van der Waals surface area (Å²) >= 11 is 0. The molecule has 0 saturated carbocycles. The molecule has 1 heterocycles. The van der Waals surface area contributed by atoms with Crippen LogP contribution in [0.5, 0.6) is 0 Å². The highest BCUT2D eigenvalue weighted by Crippen LogP contribution is 2.22. The summed E-state index contributed by atoms with van der Waals surface area (Å²) in [6.07, 6.45) is 3.74. The van der Waals surface area contributed by atoms with Gasteiger partial charge in [0.1, 0.15) is 0 Å². The predicted octanol–water partition coefficient (Wildman–Crippen LogP) is 2.21. The quantitative estimate of drug-likeness (QED) is 0.748. The molecular formula is C13H20N2. The van der Waals surface area contributed by atoms with Crippen molar-refractivity contribution in [3.8, 4) is 0 Å².